The fourth-order valence-electron chi connectivity index (χ4n) is 6.38. The van der Waals surface area contributed by atoms with Crippen LogP contribution in [0.25, 0.3) is 44.1 Å². The highest BCUT2D eigenvalue weighted by Gasteiger charge is 2.40. The smallest absolute Gasteiger partial charge is 0.341 e. The number of ether oxygens (including phenoxy) is 1. The van der Waals surface area contributed by atoms with Crippen molar-refractivity contribution in [3.05, 3.63) is 58.1 Å². The Balaban J connectivity index is 1.54. The number of likely N-dealkylation sites (N-methyl/N-ethyl adjacent to an activating group) is 1. The van der Waals surface area contributed by atoms with Crippen LogP contribution in [0.1, 0.15) is 10.4 Å². The maximum absolute atomic E-state index is 15.6. The Morgan fingerprint density at radius 3 is 2.71 bits per heavy atom. The Bertz CT molecular complexity index is 2010. The van der Waals surface area contributed by atoms with Crippen molar-refractivity contribution in [2.75, 3.05) is 50.6 Å². The zero-order valence-corrected chi connectivity index (χ0v) is 23.0. The molecule has 13 heteroatoms. The number of benzene rings is 1. The molecule has 2 atom stereocenters. The first kappa shape index (κ1) is 26.3. The molecule has 2 fully saturated rings. The molecule has 11 nitrogen and oxygen atoms in total. The van der Waals surface area contributed by atoms with E-state index in [1.807, 2.05) is 7.05 Å². The summed E-state index contributed by atoms with van der Waals surface area (Å²) in [5.41, 5.74) is 2.00. The largest absolute Gasteiger partial charge is 0.477 e. The number of hydrogen-bond acceptors (Lipinski definition) is 8. The van der Waals surface area contributed by atoms with Crippen LogP contribution in [0.3, 0.4) is 0 Å². The summed E-state index contributed by atoms with van der Waals surface area (Å²) in [5.74, 6) is -3.34. The number of pyridine rings is 3. The van der Waals surface area contributed by atoms with Crippen LogP contribution in [-0.4, -0.2) is 88.0 Å². The third kappa shape index (κ3) is 3.77. The normalized spacial score (nSPS) is 19.2. The van der Waals surface area contributed by atoms with E-state index in [1.165, 1.54) is 10.8 Å². The minimum absolute atomic E-state index is 0.0562. The van der Waals surface area contributed by atoms with Gasteiger partial charge in [0.2, 0.25) is 5.43 Å². The van der Waals surface area contributed by atoms with Crippen molar-refractivity contribution in [2.24, 2.45) is 7.05 Å². The van der Waals surface area contributed by atoms with Crippen molar-refractivity contribution in [3.8, 4) is 11.1 Å². The average Bonchev–Trinajstić information content (AvgIpc) is 3.59. The molecule has 0 unspecified atom stereocenters. The molecule has 2 saturated heterocycles. The number of nitrogens with zero attached hydrogens (tertiary/aromatic N) is 5. The number of hydrogen-bond donors (Lipinski definition) is 3. The van der Waals surface area contributed by atoms with Crippen LogP contribution in [-0.2, 0) is 11.8 Å². The van der Waals surface area contributed by atoms with E-state index in [2.05, 4.69) is 30.1 Å². The Hall–Kier alpha value is -4.62. The maximum Gasteiger partial charge on any atom is 0.341 e. The molecule has 216 valence electrons. The molecule has 0 radical (unpaired) electrons. The Kier molecular flexibility index (Phi) is 5.92. The zero-order chi connectivity index (χ0) is 29.4. The van der Waals surface area contributed by atoms with Gasteiger partial charge in [-0.25, -0.2) is 23.5 Å². The highest BCUT2D eigenvalue weighted by molar-refractivity contribution is 6.18. The number of nitrogens with one attached hydrogen (secondary N) is 2. The monoisotopic (exact) mass is 575 g/mol. The van der Waals surface area contributed by atoms with Crippen molar-refractivity contribution >= 4 is 50.3 Å². The Morgan fingerprint density at radius 2 is 1.98 bits per heavy atom. The minimum atomic E-state index is -1.34. The van der Waals surface area contributed by atoms with Crippen molar-refractivity contribution < 1.29 is 23.4 Å². The number of aryl methyl sites for hydroxylation is 1. The van der Waals surface area contributed by atoms with E-state index in [9.17, 15) is 19.1 Å². The number of halogens is 2. The number of H-pyrrole nitrogens is 1. The number of carboxylic acids is 1. The number of carboxylic acid groups (broad SMARTS) is 1. The lowest BCUT2D eigenvalue weighted by atomic mass is 10.0. The molecule has 42 heavy (non-hydrogen) atoms. The summed E-state index contributed by atoms with van der Waals surface area (Å²) in [6.07, 6.45) is 4.33. The molecule has 5 aromatic rings. The van der Waals surface area contributed by atoms with E-state index in [0.29, 0.717) is 64.4 Å². The molecule has 0 aliphatic carbocycles. The zero-order valence-electron chi connectivity index (χ0n) is 23.0. The van der Waals surface area contributed by atoms with Crippen molar-refractivity contribution in [1.82, 2.24) is 24.4 Å². The van der Waals surface area contributed by atoms with E-state index in [1.54, 1.807) is 32.6 Å². The molecule has 0 spiro atoms. The standard InChI is InChI=1S/C29H27F2N7O4/c1-32-18-7-17(30)23(31)21-22-25(38-11-19-20(12-38)42-5-4-36(19)2)15(9-33-27(22)35-24(18)21)13-6-14-26(39)16(29(40)41)10-37(3)28(14)34-8-13/h6-10,19-20,32H,4-5,11-12H2,1-3H3,(H,33,35)(H,40,41)/t19-,20-/m0/s1. The SMILES string of the molecule is CNc1cc(F)c(F)c2c1[nH]c1ncc(-c3cnc4c(c3)c(=O)c(C(=O)O)cn4C)c(N3C[C@@H]4OCCN(C)[C@H]4C3)c12. The molecular weight excluding hydrogens is 548 g/mol. The van der Waals surface area contributed by atoms with Gasteiger partial charge in [0.25, 0.3) is 0 Å². The first-order valence-corrected chi connectivity index (χ1v) is 13.5. The van der Waals surface area contributed by atoms with Gasteiger partial charge in [-0.2, -0.15) is 0 Å². The fraction of sp³-hybridized carbons (Fsp3) is 0.310. The number of anilines is 2. The first-order chi connectivity index (χ1) is 20.2. The van der Waals surface area contributed by atoms with E-state index in [0.717, 1.165) is 12.6 Å². The molecule has 0 amide bonds. The van der Waals surface area contributed by atoms with Gasteiger partial charge in [-0.15, -0.1) is 0 Å². The van der Waals surface area contributed by atoms with Crippen LogP contribution >= 0.6 is 0 Å². The van der Waals surface area contributed by atoms with Crippen molar-refractivity contribution in [1.29, 1.82) is 0 Å². The molecule has 2 aliphatic rings. The van der Waals surface area contributed by atoms with Gasteiger partial charge < -0.3 is 29.6 Å². The fourth-order valence-corrected chi connectivity index (χ4v) is 6.38. The lowest BCUT2D eigenvalue weighted by molar-refractivity contribution is -0.0362. The summed E-state index contributed by atoms with van der Waals surface area (Å²) in [6.45, 7) is 2.42. The number of aromatic carboxylic acids is 1. The van der Waals surface area contributed by atoms with Gasteiger partial charge in [-0.05, 0) is 13.1 Å². The van der Waals surface area contributed by atoms with E-state index in [-0.39, 0.29) is 28.5 Å². The van der Waals surface area contributed by atoms with Crippen LogP contribution in [0.2, 0.25) is 0 Å². The summed E-state index contributed by atoms with van der Waals surface area (Å²) in [6, 6.07) is 2.76. The Labute approximate surface area is 237 Å². The molecule has 0 bridgehead atoms. The van der Waals surface area contributed by atoms with Gasteiger partial charge in [0.05, 0.1) is 51.8 Å². The number of rotatable bonds is 4. The quantitative estimate of drug-likeness (QED) is 0.296. The second kappa shape index (κ2) is 9.46. The number of aromatic amines is 1. The highest BCUT2D eigenvalue weighted by Crippen LogP contribution is 2.44. The number of aromatic nitrogens is 4. The average molecular weight is 576 g/mol. The molecule has 2 aliphatic heterocycles. The summed E-state index contributed by atoms with van der Waals surface area (Å²) < 4.78 is 38.1. The van der Waals surface area contributed by atoms with Crippen LogP contribution in [0.15, 0.2) is 35.5 Å². The van der Waals surface area contributed by atoms with Crippen molar-refractivity contribution in [3.63, 3.8) is 0 Å². The van der Waals surface area contributed by atoms with E-state index < -0.39 is 23.0 Å². The number of fused-ring (bicyclic) bond motifs is 5. The van der Waals surface area contributed by atoms with Gasteiger partial charge in [-0.3, -0.25) is 9.69 Å². The van der Waals surface area contributed by atoms with Crippen molar-refractivity contribution in [2.45, 2.75) is 12.1 Å². The summed E-state index contributed by atoms with van der Waals surface area (Å²) >= 11 is 0. The molecule has 1 aromatic carbocycles. The van der Waals surface area contributed by atoms with Gasteiger partial charge in [0, 0.05) is 69.5 Å². The maximum atomic E-state index is 15.6. The third-order valence-corrected chi connectivity index (χ3v) is 8.48. The first-order valence-electron chi connectivity index (χ1n) is 13.5. The lowest BCUT2D eigenvalue weighted by Crippen LogP contribution is -2.48. The minimum Gasteiger partial charge on any atom is -0.477 e. The van der Waals surface area contributed by atoms with Crippen LogP contribution in [0.5, 0.6) is 0 Å². The van der Waals surface area contributed by atoms with Gasteiger partial charge in [-0.1, -0.05) is 0 Å². The van der Waals surface area contributed by atoms with Gasteiger partial charge in [0.1, 0.15) is 16.9 Å². The topological polar surface area (TPSA) is 129 Å². The third-order valence-electron chi connectivity index (χ3n) is 8.48. The molecule has 6 heterocycles. The van der Waals surface area contributed by atoms with Crippen LogP contribution in [0.4, 0.5) is 20.2 Å². The van der Waals surface area contributed by atoms with E-state index in [4.69, 9.17) is 4.74 Å². The molecule has 3 N–H and O–H groups in total. The number of carbonyl (C=O) groups is 1. The number of morpholine rings is 1. The predicted octanol–water partition coefficient (Wildman–Crippen LogP) is 3.17. The van der Waals surface area contributed by atoms with Crippen LogP contribution in [0, 0.1) is 11.6 Å². The van der Waals surface area contributed by atoms with Gasteiger partial charge in [0.15, 0.2) is 11.6 Å². The molecular formula is C29H27F2N7O4. The molecule has 7 rings (SSSR count). The van der Waals surface area contributed by atoms with Gasteiger partial charge >= 0.3 is 5.97 Å². The predicted molar refractivity (Wildman–Crippen MR) is 154 cm³/mol. The highest BCUT2D eigenvalue weighted by atomic mass is 19.2. The second-order valence-corrected chi connectivity index (χ2v) is 10.8. The summed E-state index contributed by atoms with van der Waals surface area (Å²) in [7, 11) is 5.28. The summed E-state index contributed by atoms with van der Waals surface area (Å²) in [4.78, 5) is 41.5. The Morgan fingerprint density at radius 1 is 1.17 bits per heavy atom. The molecule has 0 saturated carbocycles. The second-order valence-electron chi connectivity index (χ2n) is 10.8. The van der Waals surface area contributed by atoms with Crippen LogP contribution < -0.4 is 15.6 Å². The summed E-state index contributed by atoms with van der Waals surface area (Å²) in [5, 5.41) is 13.1. The van der Waals surface area contributed by atoms with E-state index >= 15 is 4.39 Å². The lowest BCUT2D eigenvalue weighted by Gasteiger charge is -2.33. The molecule has 4 aromatic heterocycles.